The van der Waals surface area contributed by atoms with E-state index in [1.165, 1.54) is 0 Å². The Bertz CT molecular complexity index is 353. The quantitative estimate of drug-likeness (QED) is 0.718. The van der Waals surface area contributed by atoms with Crippen molar-refractivity contribution in [3.63, 3.8) is 0 Å². The van der Waals surface area contributed by atoms with Crippen LogP contribution in [0.2, 0.25) is 0 Å². The molecule has 0 amide bonds. The highest BCUT2D eigenvalue weighted by molar-refractivity contribution is 5.89. The highest BCUT2D eigenvalue weighted by Crippen LogP contribution is 2.14. The predicted molar refractivity (Wildman–Crippen MR) is 64.6 cm³/mol. The van der Waals surface area contributed by atoms with Crippen LogP contribution in [-0.2, 0) is 11.3 Å². The molecule has 1 rings (SSSR count). The van der Waals surface area contributed by atoms with Crippen molar-refractivity contribution >= 4 is 5.97 Å². The van der Waals surface area contributed by atoms with Gasteiger partial charge in [0.15, 0.2) is 0 Å². The van der Waals surface area contributed by atoms with Crippen LogP contribution in [0.1, 0.15) is 43.2 Å². The van der Waals surface area contributed by atoms with Gasteiger partial charge in [-0.3, -0.25) is 0 Å². The molecule has 1 heterocycles. The third-order valence-corrected chi connectivity index (χ3v) is 2.58. The molecule has 0 fully saturated rings. The molecule has 0 aliphatic carbocycles. The van der Waals surface area contributed by atoms with Gasteiger partial charge in [0.25, 0.3) is 0 Å². The van der Waals surface area contributed by atoms with Crippen molar-refractivity contribution < 1.29 is 9.53 Å². The van der Waals surface area contributed by atoms with Gasteiger partial charge in [0.2, 0.25) is 0 Å². The third-order valence-electron chi connectivity index (χ3n) is 2.58. The zero-order valence-corrected chi connectivity index (χ0v) is 10.6. The molecule has 90 valence electrons. The summed E-state index contributed by atoms with van der Waals surface area (Å²) in [6.07, 6.45) is 3.03. The maximum Gasteiger partial charge on any atom is 0.355 e. The van der Waals surface area contributed by atoms with E-state index in [2.05, 4.69) is 13.8 Å². The van der Waals surface area contributed by atoms with Crippen LogP contribution < -0.4 is 0 Å². The van der Waals surface area contributed by atoms with Crippen molar-refractivity contribution in [3.05, 3.63) is 23.5 Å². The maximum atomic E-state index is 11.7. The molecule has 0 unspecified atom stereocenters. The minimum absolute atomic E-state index is 0.214. The van der Waals surface area contributed by atoms with Crippen LogP contribution in [-0.4, -0.2) is 17.1 Å². The molecule has 0 saturated carbocycles. The lowest BCUT2D eigenvalue weighted by molar-refractivity contribution is 0.0512. The van der Waals surface area contributed by atoms with Gasteiger partial charge >= 0.3 is 5.97 Å². The fourth-order valence-corrected chi connectivity index (χ4v) is 1.64. The molecule has 3 heteroatoms. The first-order valence-corrected chi connectivity index (χ1v) is 5.89. The number of carbonyl (C=O) groups excluding carboxylic acids is 1. The number of ether oxygens (including phenoxy) is 1. The maximum absolute atomic E-state index is 11.7. The lowest BCUT2D eigenvalue weighted by Crippen LogP contribution is -2.14. The minimum Gasteiger partial charge on any atom is -0.461 e. The van der Waals surface area contributed by atoms with Gasteiger partial charge in [0.1, 0.15) is 5.69 Å². The predicted octanol–water partition coefficient (Wildman–Crippen LogP) is 3.02. The lowest BCUT2D eigenvalue weighted by atomic mass is 10.1. The number of carbonyl (C=O) groups is 1. The van der Waals surface area contributed by atoms with Crippen LogP contribution in [0.3, 0.4) is 0 Å². The van der Waals surface area contributed by atoms with Gasteiger partial charge in [-0.1, -0.05) is 13.8 Å². The minimum atomic E-state index is -0.214. The Hall–Kier alpha value is -1.25. The largest absolute Gasteiger partial charge is 0.461 e. The summed E-state index contributed by atoms with van der Waals surface area (Å²) in [5.74, 6) is 0.423. The monoisotopic (exact) mass is 223 g/mol. The summed E-state index contributed by atoms with van der Waals surface area (Å²) >= 11 is 0. The van der Waals surface area contributed by atoms with Crippen molar-refractivity contribution in [2.24, 2.45) is 5.92 Å². The average molecular weight is 223 g/mol. The summed E-state index contributed by atoms with van der Waals surface area (Å²) in [5, 5.41) is 0. The number of rotatable bonds is 5. The molecule has 0 aromatic carbocycles. The van der Waals surface area contributed by atoms with Crippen molar-refractivity contribution in [3.8, 4) is 0 Å². The highest BCUT2D eigenvalue weighted by Gasteiger charge is 2.15. The number of aryl methyl sites for hydroxylation is 2. The van der Waals surface area contributed by atoms with Crippen molar-refractivity contribution in [2.45, 2.75) is 40.7 Å². The Balaban J connectivity index is 2.81. The lowest BCUT2D eigenvalue weighted by Gasteiger charge is -2.10. The standard InChI is InChI=1S/C13H21NO2/c1-5-16-13(15)12-11(4)7-9-14(12)8-6-10(2)3/h7,9-10H,5-6,8H2,1-4H3. The van der Waals surface area contributed by atoms with Gasteiger partial charge < -0.3 is 9.30 Å². The SMILES string of the molecule is CCOC(=O)c1c(C)ccn1CCC(C)C. The highest BCUT2D eigenvalue weighted by atomic mass is 16.5. The molecule has 0 N–H and O–H groups in total. The third kappa shape index (κ3) is 3.12. The van der Waals surface area contributed by atoms with E-state index in [0.717, 1.165) is 18.5 Å². The second-order valence-electron chi connectivity index (χ2n) is 4.44. The summed E-state index contributed by atoms with van der Waals surface area (Å²) in [7, 11) is 0. The van der Waals surface area contributed by atoms with Crippen LogP contribution in [0, 0.1) is 12.8 Å². The molecule has 16 heavy (non-hydrogen) atoms. The molecule has 0 aliphatic rings. The average Bonchev–Trinajstić information content (AvgIpc) is 2.57. The number of esters is 1. The van der Waals surface area contributed by atoms with E-state index in [9.17, 15) is 4.79 Å². The molecule has 0 bridgehead atoms. The van der Waals surface area contributed by atoms with E-state index in [4.69, 9.17) is 4.74 Å². The second kappa shape index (κ2) is 5.73. The van der Waals surface area contributed by atoms with E-state index in [1.807, 2.05) is 30.7 Å². The first-order chi connectivity index (χ1) is 7.56. The van der Waals surface area contributed by atoms with Crippen LogP contribution in [0.4, 0.5) is 0 Å². The Morgan fingerprint density at radius 1 is 1.50 bits per heavy atom. The zero-order valence-electron chi connectivity index (χ0n) is 10.6. The number of aromatic nitrogens is 1. The summed E-state index contributed by atoms with van der Waals surface area (Å²) in [6, 6.07) is 1.96. The molecular weight excluding hydrogens is 202 g/mol. The van der Waals surface area contributed by atoms with Gasteiger partial charge in [0.05, 0.1) is 6.61 Å². The molecule has 0 radical (unpaired) electrons. The van der Waals surface area contributed by atoms with E-state index in [0.29, 0.717) is 18.2 Å². The first-order valence-electron chi connectivity index (χ1n) is 5.89. The second-order valence-corrected chi connectivity index (χ2v) is 4.44. The molecule has 1 aromatic rings. The Labute approximate surface area is 97.4 Å². The van der Waals surface area contributed by atoms with Crippen molar-refractivity contribution in [2.75, 3.05) is 6.61 Å². The molecular formula is C13H21NO2. The summed E-state index contributed by atoms with van der Waals surface area (Å²) in [5.41, 5.74) is 1.68. The first kappa shape index (κ1) is 12.8. The van der Waals surface area contributed by atoms with E-state index < -0.39 is 0 Å². The molecule has 0 atom stereocenters. The number of hydrogen-bond donors (Lipinski definition) is 0. The van der Waals surface area contributed by atoms with E-state index >= 15 is 0 Å². The molecule has 0 saturated heterocycles. The van der Waals surface area contributed by atoms with Gasteiger partial charge in [-0.05, 0) is 37.8 Å². The number of nitrogens with zero attached hydrogens (tertiary/aromatic N) is 1. The van der Waals surface area contributed by atoms with Gasteiger partial charge in [-0.15, -0.1) is 0 Å². The Morgan fingerprint density at radius 2 is 2.19 bits per heavy atom. The molecule has 3 nitrogen and oxygen atoms in total. The summed E-state index contributed by atoms with van der Waals surface area (Å²) in [6.45, 7) is 9.43. The summed E-state index contributed by atoms with van der Waals surface area (Å²) < 4.78 is 7.05. The van der Waals surface area contributed by atoms with Crippen LogP contribution in [0.15, 0.2) is 12.3 Å². The smallest absolute Gasteiger partial charge is 0.355 e. The van der Waals surface area contributed by atoms with Crippen LogP contribution in [0.25, 0.3) is 0 Å². The molecule has 0 aliphatic heterocycles. The van der Waals surface area contributed by atoms with Crippen LogP contribution in [0.5, 0.6) is 0 Å². The van der Waals surface area contributed by atoms with Crippen LogP contribution >= 0.6 is 0 Å². The summed E-state index contributed by atoms with van der Waals surface area (Å²) in [4.78, 5) is 11.7. The number of hydrogen-bond acceptors (Lipinski definition) is 2. The van der Waals surface area contributed by atoms with Gasteiger partial charge in [0, 0.05) is 12.7 Å². The molecule has 1 aromatic heterocycles. The molecule has 0 spiro atoms. The van der Waals surface area contributed by atoms with E-state index in [-0.39, 0.29) is 5.97 Å². The fourth-order valence-electron chi connectivity index (χ4n) is 1.64. The van der Waals surface area contributed by atoms with Gasteiger partial charge in [-0.2, -0.15) is 0 Å². The van der Waals surface area contributed by atoms with Gasteiger partial charge in [-0.25, -0.2) is 4.79 Å². The normalized spacial score (nSPS) is 10.8. The fraction of sp³-hybridized carbons (Fsp3) is 0.615. The Morgan fingerprint density at radius 3 is 2.75 bits per heavy atom. The van der Waals surface area contributed by atoms with Crippen molar-refractivity contribution in [1.82, 2.24) is 4.57 Å². The van der Waals surface area contributed by atoms with Crippen molar-refractivity contribution in [1.29, 1.82) is 0 Å². The van der Waals surface area contributed by atoms with E-state index in [1.54, 1.807) is 0 Å². The topological polar surface area (TPSA) is 31.2 Å². The zero-order chi connectivity index (χ0) is 12.1. The Kier molecular flexibility index (Phi) is 4.59.